The highest BCUT2D eigenvalue weighted by molar-refractivity contribution is 14.0. The zero-order valence-electron chi connectivity index (χ0n) is 16.2. The number of guanidine groups is 1. The number of hydrogen-bond donors (Lipinski definition) is 3. The van der Waals surface area contributed by atoms with Gasteiger partial charge in [0.1, 0.15) is 0 Å². The number of hydrogen-bond acceptors (Lipinski definition) is 7. The predicted octanol–water partition coefficient (Wildman–Crippen LogP) is 1.94. The van der Waals surface area contributed by atoms with E-state index in [-0.39, 0.29) is 53.6 Å². The monoisotopic (exact) mass is 551 g/mol. The Bertz CT molecular complexity index is 1020. The van der Waals surface area contributed by atoms with Gasteiger partial charge in [0.05, 0.1) is 30.6 Å². The van der Waals surface area contributed by atoms with E-state index in [1.807, 2.05) is 0 Å². The zero-order chi connectivity index (χ0) is 21.4. The highest BCUT2D eigenvalue weighted by Gasteiger charge is 2.16. The molecule has 164 valence electrons. The van der Waals surface area contributed by atoms with Crippen molar-refractivity contribution in [2.24, 2.45) is 10.7 Å². The summed E-state index contributed by atoms with van der Waals surface area (Å²) < 4.78 is 37.1. The van der Waals surface area contributed by atoms with Gasteiger partial charge in [0.2, 0.25) is 10.0 Å². The molecule has 0 saturated heterocycles. The van der Waals surface area contributed by atoms with Gasteiger partial charge in [0, 0.05) is 30.4 Å². The summed E-state index contributed by atoms with van der Waals surface area (Å²) in [6, 6.07) is 9.85. The number of nitro groups is 1. The summed E-state index contributed by atoms with van der Waals surface area (Å²) in [6.45, 7) is 0.0135. The maximum atomic E-state index is 12.2. The fraction of sp³-hybridized carbons (Fsp3) is 0.235. The van der Waals surface area contributed by atoms with Gasteiger partial charge in [-0.3, -0.25) is 15.1 Å². The molecule has 2 aromatic rings. The maximum Gasteiger partial charge on any atom is 0.270 e. The van der Waals surface area contributed by atoms with Crippen LogP contribution in [-0.2, 0) is 10.0 Å². The number of methoxy groups -OCH3 is 2. The maximum absolute atomic E-state index is 12.2. The van der Waals surface area contributed by atoms with Crippen molar-refractivity contribution >= 4 is 51.3 Å². The van der Waals surface area contributed by atoms with Crippen LogP contribution in [0.4, 0.5) is 11.4 Å². The number of non-ortho nitro benzene ring substituents is 1. The molecule has 0 fully saturated rings. The van der Waals surface area contributed by atoms with Crippen molar-refractivity contribution in [3.63, 3.8) is 0 Å². The molecule has 0 bridgehead atoms. The number of ether oxygens (including phenoxy) is 2. The fourth-order valence-corrected chi connectivity index (χ4v) is 3.37. The summed E-state index contributed by atoms with van der Waals surface area (Å²) in [5.74, 6) is 1.14. The van der Waals surface area contributed by atoms with Crippen molar-refractivity contribution in [2.45, 2.75) is 4.90 Å². The number of anilines is 1. The van der Waals surface area contributed by atoms with E-state index in [2.05, 4.69) is 15.0 Å². The molecular formula is C17H22IN5O6S. The van der Waals surface area contributed by atoms with Gasteiger partial charge in [0.25, 0.3) is 5.69 Å². The van der Waals surface area contributed by atoms with E-state index in [9.17, 15) is 18.5 Å². The third kappa shape index (κ3) is 7.00. The van der Waals surface area contributed by atoms with E-state index < -0.39 is 14.9 Å². The highest BCUT2D eigenvalue weighted by Crippen LogP contribution is 2.29. The number of nitro benzene ring substituents is 1. The van der Waals surface area contributed by atoms with E-state index in [0.717, 1.165) is 6.07 Å². The second-order valence-electron chi connectivity index (χ2n) is 5.61. The first-order valence-electron chi connectivity index (χ1n) is 8.30. The van der Waals surface area contributed by atoms with Gasteiger partial charge >= 0.3 is 0 Å². The number of halogens is 1. The van der Waals surface area contributed by atoms with E-state index in [1.54, 1.807) is 18.2 Å². The van der Waals surface area contributed by atoms with Crippen molar-refractivity contribution < 1.29 is 22.8 Å². The topological polar surface area (TPSA) is 158 Å². The molecule has 0 aromatic heterocycles. The molecule has 0 saturated carbocycles. The van der Waals surface area contributed by atoms with Crippen LogP contribution in [0.2, 0.25) is 0 Å². The van der Waals surface area contributed by atoms with Crippen molar-refractivity contribution in [1.82, 2.24) is 4.72 Å². The molecule has 30 heavy (non-hydrogen) atoms. The minimum Gasteiger partial charge on any atom is -0.493 e. The Morgan fingerprint density at radius 2 is 1.87 bits per heavy atom. The van der Waals surface area contributed by atoms with Gasteiger partial charge in [-0.05, 0) is 18.2 Å². The van der Waals surface area contributed by atoms with Crippen LogP contribution >= 0.6 is 24.0 Å². The van der Waals surface area contributed by atoms with Crippen LogP contribution < -0.4 is 25.2 Å². The molecule has 0 heterocycles. The minimum absolute atomic E-state index is 0. The average molecular weight is 551 g/mol. The second-order valence-corrected chi connectivity index (χ2v) is 7.38. The van der Waals surface area contributed by atoms with Crippen molar-refractivity contribution in [3.8, 4) is 11.5 Å². The fourth-order valence-electron chi connectivity index (χ4n) is 2.31. The SMILES string of the molecule is COc1ccc(NC(N)=NCCNS(=O)(=O)c2cccc([N+](=O)[O-])c2)cc1OC.I. The zero-order valence-corrected chi connectivity index (χ0v) is 19.3. The number of nitrogens with two attached hydrogens (primary N) is 1. The first kappa shape index (κ1) is 25.4. The van der Waals surface area contributed by atoms with E-state index in [0.29, 0.717) is 17.2 Å². The van der Waals surface area contributed by atoms with Crippen LogP contribution in [0, 0.1) is 10.1 Å². The molecule has 0 radical (unpaired) electrons. The number of nitrogens with one attached hydrogen (secondary N) is 2. The van der Waals surface area contributed by atoms with E-state index >= 15 is 0 Å². The van der Waals surface area contributed by atoms with Crippen molar-refractivity contribution in [3.05, 3.63) is 52.6 Å². The third-order valence-corrected chi connectivity index (χ3v) is 5.14. The molecule has 0 atom stereocenters. The molecule has 4 N–H and O–H groups in total. The van der Waals surface area contributed by atoms with Crippen LogP contribution in [0.15, 0.2) is 52.4 Å². The number of benzene rings is 2. The molecule has 2 aromatic carbocycles. The van der Waals surface area contributed by atoms with Crippen LogP contribution in [0.3, 0.4) is 0 Å². The summed E-state index contributed by atoms with van der Waals surface area (Å²) in [4.78, 5) is 13.9. The van der Waals surface area contributed by atoms with Gasteiger partial charge in [-0.15, -0.1) is 24.0 Å². The minimum atomic E-state index is -3.91. The summed E-state index contributed by atoms with van der Waals surface area (Å²) in [5.41, 5.74) is 6.10. The summed E-state index contributed by atoms with van der Waals surface area (Å²) in [7, 11) is -0.875. The molecule has 0 unspecified atom stereocenters. The van der Waals surface area contributed by atoms with E-state index in [4.69, 9.17) is 15.2 Å². The molecule has 0 aliphatic heterocycles. The Labute approximate surface area is 190 Å². The Hall–Kier alpha value is -2.65. The number of nitrogens with zero attached hydrogens (tertiary/aromatic N) is 2. The third-order valence-electron chi connectivity index (χ3n) is 3.68. The molecule has 2 rings (SSSR count). The lowest BCUT2D eigenvalue weighted by atomic mass is 10.3. The lowest BCUT2D eigenvalue weighted by Gasteiger charge is -2.11. The van der Waals surface area contributed by atoms with Crippen molar-refractivity contribution in [2.75, 3.05) is 32.6 Å². The van der Waals surface area contributed by atoms with Gasteiger partial charge in [-0.2, -0.15) is 0 Å². The second kappa shape index (κ2) is 11.5. The Kier molecular flexibility index (Phi) is 9.74. The molecule has 0 spiro atoms. The van der Waals surface area contributed by atoms with Crippen LogP contribution in [0.1, 0.15) is 0 Å². The smallest absolute Gasteiger partial charge is 0.270 e. The summed E-state index contributed by atoms with van der Waals surface area (Å²) in [6.07, 6.45) is 0. The lowest BCUT2D eigenvalue weighted by molar-refractivity contribution is -0.385. The van der Waals surface area contributed by atoms with Crippen LogP contribution in [0.25, 0.3) is 0 Å². The van der Waals surface area contributed by atoms with E-state index in [1.165, 1.54) is 32.4 Å². The number of aliphatic imine (C=N–C) groups is 1. The Morgan fingerprint density at radius 1 is 1.17 bits per heavy atom. The quantitative estimate of drug-likeness (QED) is 0.107. The Morgan fingerprint density at radius 3 is 2.50 bits per heavy atom. The largest absolute Gasteiger partial charge is 0.493 e. The van der Waals surface area contributed by atoms with Crippen LogP contribution in [0.5, 0.6) is 11.5 Å². The molecule has 0 aliphatic carbocycles. The first-order chi connectivity index (χ1) is 13.8. The lowest BCUT2D eigenvalue weighted by Crippen LogP contribution is -2.28. The molecule has 13 heteroatoms. The van der Waals surface area contributed by atoms with Crippen LogP contribution in [-0.4, -0.2) is 46.6 Å². The van der Waals surface area contributed by atoms with Gasteiger partial charge < -0.3 is 20.5 Å². The number of rotatable bonds is 9. The van der Waals surface area contributed by atoms with Gasteiger partial charge in [0.15, 0.2) is 17.5 Å². The van der Waals surface area contributed by atoms with Gasteiger partial charge in [-0.1, -0.05) is 6.07 Å². The predicted molar refractivity (Wildman–Crippen MR) is 123 cm³/mol. The summed E-state index contributed by atoms with van der Waals surface area (Å²) >= 11 is 0. The highest BCUT2D eigenvalue weighted by atomic mass is 127. The average Bonchev–Trinajstić information content (AvgIpc) is 2.71. The molecule has 11 nitrogen and oxygen atoms in total. The van der Waals surface area contributed by atoms with Gasteiger partial charge in [-0.25, -0.2) is 13.1 Å². The normalized spacial score (nSPS) is 11.3. The molecular weight excluding hydrogens is 529 g/mol. The molecule has 0 amide bonds. The standard InChI is InChI=1S/C17H21N5O6S.HI/c1-27-15-7-6-12(10-16(15)28-2)21-17(18)19-8-9-20-29(25,26)14-5-3-4-13(11-14)22(23)24;/h3-7,10-11,20H,8-9H2,1-2H3,(H3,18,19,21);1H. The molecule has 0 aliphatic rings. The van der Waals surface area contributed by atoms with Crippen molar-refractivity contribution in [1.29, 1.82) is 0 Å². The Balaban J connectivity index is 0.00000450. The summed E-state index contributed by atoms with van der Waals surface area (Å²) in [5, 5.41) is 13.6. The number of sulfonamides is 1. The first-order valence-corrected chi connectivity index (χ1v) is 9.78.